The summed E-state index contributed by atoms with van der Waals surface area (Å²) in [5, 5.41) is 7.00. The molecule has 0 aliphatic carbocycles. The van der Waals surface area contributed by atoms with Crippen molar-refractivity contribution < 1.29 is 9.26 Å². The van der Waals surface area contributed by atoms with Crippen LogP contribution in [0.3, 0.4) is 0 Å². The minimum absolute atomic E-state index is 0.409. The lowest BCUT2D eigenvalue weighted by Gasteiger charge is -2.07. The van der Waals surface area contributed by atoms with Crippen molar-refractivity contribution >= 4 is 0 Å². The van der Waals surface area contributed by atoms with E-state index in [0.29, 0.717) is 6.61 Å². The first kappa shape index (κ1) is 12.6. The third kappa shape index (κ3) is 3.89. The molecule has 0 amide bonds. The molecule has 18 heavy (non-hydrogen) atoms. The number of ether oxygens (including phenoxy) is 1. The summed E-state index contributed by atoms with van der Waals surface area (Å²) in [5.41, 5.74) is 1.22. The van der Waals surface area contributed by atoms with Gasteiger partial charge in [-0.15, -0.1) is 0 Å². The first-order valence-electron chi connectivity index (χ1n) is 6.20. The van der Waals surface area contributed by atoms with Crippen molar-refractivity contribution in [1.82, 2.24) is 10.5 Å². The number of nitrogens with one attached hydrogen (secondary N) is 1. The van der Waals surface area contributed by atoms with Crippen LogP contribution in [-0.2, 0) is 13.2 Å². The van der Waals surface area contributed by atoms with E-state index in [1.165, 1.54) is 5.56 Å². The Morgan fingerprint density at radius 1 is 1.33 bits per heavy atom. The minimum Gasteiger partial charge on any atom is -0.486 e. The smallest absolute Gasteiger partial charge is 0.174 e. The van der Waals surface area contributed by atoms with Gasteiger partial charge in [0.25, 0.3) is 0 Å². The molecule has 4 heteroatoms. The number of aromatic nitrogens is 1. The Kier molecular flexibility index (Phi) is 4.78. The topological polar surface area (TPSA) is 47.3 Å². The lowest BCUT2D eigenvalue weighted by Crippen LogP contribution is -2.13. The lowest BCUT2D eigenvalue weighted by molar-refractivity contribution is 0.249. The van der Waals surface area contributed by atoms with Gasteiger partial charge in [0.2, 0.25) is 0 Å². The summed E-state index contributed by atoms with van der Waals surface area (Å²) in [7, 11) is 0. The molecule has 0 aliphatic rings. The molecule has 1 aromatic carbocycles. The van der Waals surface area contributed by atoms with Crippen LogP contribution in [0.1, 0.15) is 24.7 Å². The Balaban J connectivity index is 1.86. The molecule has 0 saturated carbocycles. The maximum Gasteiger partial charge on any atom is 0.174 e. The van der Waals surface area contributed by atoms with Crippen LogP contribution in [0.25, 0.3) is 0 Å². The molecule has 96 valence electrons. The van der Waals surface area contributed by atoms with Gasteiger partial charge in [0.05, 0.1) is 6.20 Å². The third-order valence-corrected chi connectivity index (χ3v) is 2.53. The van der Waals surface area contributed by atoms with Crippen molar-refractivity contribution in [2.45, 2.75) is 26.5 Å². The van der Waals surface area contributed by atoms with Crippen molar-refractivity contribution in [1.29, 1.82) is 0 Å². The molecule has 1 aromatic heterocycles. The second-order valence-electron chi connectivity index (χ2n) is 4.09. The van der Waals surface area contributed by atoms with Crippen LogP contribution in [0.5, 0.6) is 5.75 Å². The number of rotatable bonds is 7. The van der Waals surface area contributed by atoms with Gasteiger partial charge in [-0.1, -0.05) is 24.2 Å². The highest BCUT2D eigenvalue weighted by atomic mass is 16.5. The summed E-state index contributed by atoms with van der Waals surface area (Å²) in [6.07, 6.45) is 2.76. The van der Waals surface area contributed by atoms with E-state index in [1.54, 1.807) is 12.3 Å². The standard InChI is InChI=1S/C14H18N2O2/c1-2-7-15-10-12-4-3-5-13(9-12)17-11-14-6-8-16-18-14/h3-6,8-9,15H,2,7,10-11H2,1H3. The summed E-state index contributed by atoms with van der Waals surface area (Å²) in [6, 6.07) is 9.87. The maximum absolute atomic E-state index is 5.64. The zero-order valence-electron chi connectivity index (χ0n) is 10.6. The molecule has 0 bridgehead atoms. The molecule has 0 atom stereocenters. The zero-order chi connectivity index (χ0) is 12.6. The van der Waals surface area contributed by atoms with Crippen molar-refractivity contribution in [2.75, 3.05) is 6.54 Å². The molecule has 0 fully saturated rings. The number of benzene rings is 1. The van der Waals surface area contributed by atoms with Gasteiger partial charge in [0.1, 0.15) is 12.4 Å². The molecule has 0 aliphatic heterocycles. The first-order chi connectivity index (χ1) is 8.88. The van der Waals surface area contributed by atoms with E-state index < -0.39 is 0 Å². The van der Waals surface area contributed by atoms with Crippen LogP contribution in [-0.4, -0.2) is 11.7 Å². The predicted octanol–water partition coefficient (Wildman–Crippen LogP) is 2.75. The van der Waals surface area contributed by atoms with Crippen LogP contribution < -0.4 is 10.1 Å². The molecule has 0 unspecified atom stereocenters. The molecule has 1 N–H and O–H groups in total. The largest absolute Gasteiger partial charge is 0.486 e. The van der Waals surface area contributed by atoms with Crippen LogP contribution in [0.15, 0.2) is 41.1 Å². The summed E-state index contributed by atoms with van der Waals surface area (Å²) in [6.45, 7) is 4.46. The van der Waals surface area contributed by atoms with E-state index in [0.717, 1.165) is 31.0 Å². The van der Waals surface area contributed by atoms with E-state index in [-0.39, 0.29) is 0 Å². The van der Waals surface area contributed by atoms with E-state index in [1.807, 2.05) is 18.2 Å². The molecular weight excluding hydrogens is 228 g/mol. The minimum atomic E-state index is 0.409. The van der Waals surface area contributed by atoms with Crippen LogP contribution in [0.4, 0.5) is 0 Å². The van der Waals surface area contributed by atoms with Gasteiger partial charge < -0.3 is 14.6 Å². The van der Waals surface area contributed by atoms with Gasteiger partial charge in [0, 0.05) is 12.6 Å². The van der Waals surface area contributed by atoms with Crippen LogP contribution in [0.2, 0.25) is 0 Å². The van der Waals surface area contributed by atoms with Gasteiger partial charge in [-0.05, 0) is 30.7 Å². The van der Waals surface area contributed by atoms with Gasteiger partial charge in [-0.2, -0.15) is 0 Å². The van der Waals surface area contributed by atoms with Crippen LogP contribution >= 0.6 is 0 Å². The number of nitrogens with zero attached hydrogens (tertiary/aromatic N) is 1. The van der Waals surface area contributed by atoms with E-state index in [9.17, 15) is 0 Å². The van der Waals surface area contributed by atoms with E-state index >= 15 is 0 Å². The summed E-state index contributed by atoms with van der Waals surface area (Å²) >= 11 is 0. The quantitative estimate of drug-likeness (QED) is 0.763. The Bertz CT molecular complexity index is 455. The van der Waals surface area contributed by atoms with Gasteiger partial charge in [-0.25, -0.2) is 0 Å². The van der Waals surface area contributed by atoms with Crippen molar-refractivity contribution in [2.24, 2.45) is 0 Å². The SMILES string of the molecule is CCCNCc1cccc(OCc2ccno2)c1. The number of hydrogen-bond acceptors (Lipinski definition) is 4. The number of hydrogen-bond donors (Lipinski definition) is 1. The Morgan fingerprint density at radius 2 is 2.28 bits per heavy atom. The Hall–Kier alpha value is -1.81. The monoisotopic (exact) mass is 246 g/mol. The fourth-order valence-electron chi connectivity index (χ4n) is 1.63. The normalized spacial score (nSPS) is 10.5. The Morgan fingerprint density at radius 3 is 3.06 bits per heavy atom. The molecule has 0 radical (unpaired) electrons. The highest BCUT2D eigenvalue weighted by Gasteiger charge is 2.00. The average Bonchev–Trinajstić information content (AvgIpc) is 2.90. The average molecular weight is 246 g/mol. The molecule has 0 saturated heterocycles. The fourth-order valence-corrected chi connectivity index (χ4v) is 1.63. The van der Waals surface area contributed by atoms with E-state index in [4.69, 9.17) is 9.26 Å². The maximum atomic E-state index is 5.64. The predicted molar refractivity (Wildman–Crippen MR) is 69.3 cm³/mol. The molecule has 2 rings (SSSR count). The molecule has 2 aromatic rings. The molecule has 0 spiro atoms. The highest BCUT2D eigenvalue weighted by molar-refractivity contribution is 5.28. The summed E-state index contributed by atoms with van der Waals surface area (Å²) < 4.78 is 10.6. The third-order valence-electron chi connectivity index (χ3n) is 2.53. The molecule has 4 nitrogen and oxygen atoms in total. The lowest BCUT2D eigenvalue weighted by atomic mass is 10.2. The summed E-state index contributed by atoms with van der Waals surface area (Å²) in [5.74, 6) is 1.58. The zero-order valence-corrected chi connectivity index (χ0v) is 10.6. The Labute approximate surface area is 107 Å². The van der Waals surface area contributed by atoms with Crippen molar-refractivity contribution in [3.63, 3.8) is 0 Å². The molecule has 1 heterocycles. The fraction of sp³-hybridized carbons (Fsp3) is 0.357. The van der Waals surface area contributed by atoms with Crippen LogP contribution in [0, 0.1) is 0 Å². The second kappa shape index (κ2) is 6.81. The van der Waals surface area contributed by atoms with E-state index in [2.05, 4.69) is 23.5 Å². The molecular formula is C14H18N2O2. The van der Waals surface area contributed by atoms with Gasteiger partial charge >= 0.3 is 0 Å². The van der Waals surface area contributed by atoms with Gasteiger partial charge in [-0.3, -0.25) is 0 Å². The van der Waals surface area contributed by atoms with Gasteiger partial charge in [0.15, 0.2) is 5.76 Å². The van der Waals surface area contributed by atoms with Crippen molar-refractivity contribution in [3.8, 4) is 5.75 Å². The van der Waals surface area contributed by atoms with Crippen molar-refractivity contribution in [3.05, 3.63) is 47.9 Å². The highest BCUT2D eigenvalue weighted by Crippen LogP contribution is 2.15. The first-order valence-corrected chi connectivity index (χ1v) is 6.20. The summed E-state index contributed by atoms with van der Waals surface area (Å²) in [4.78, 5) is 0. The second-order valence-corrected chi connectivity index (χ2v) is 4.09.